The number of alkyl halides is 2. The van der Waals surface area contributed by atoms with Crippen molar-refractivity contribution in [3.8, 4) is 0 Å². The predicted octanol–water partition coefficient (Wildman–Crippen LogP) is 3.14. The molecule has 0 unspecified atom stereocenters. The van der Waals surface area contributed by atoms with Crippen LogP contribution in [-0.2, 0) is 6.54 Å². The van der Waals surface area contributed by atoms with Crippen molar-refractivity contribution in [2.75, 3.05) is 13.6 Å². The summed E-state index contributed by atoms with van der Waals surface area (Å²) in [7, 11) is 1.67. The zero-order chi connectivity index (χ0) is 15.3. The molecule has 1 aromatic heterocycles. The molecule has 5 nitrogen and oxygen atoms in total. The van der Waals surface area contributed by atoms with E-state index in [1.165, 1.54) is 31.7 Å². The number of guanidine groups is 1. The summed E-state index contributed by atoms with van der Waals surface area (Å²) in [6.45, 7) is 0.719. The lowest BCUT2D eigenvalue weighted by atomic mass is 9.67. The molecule has 2 N–H and O–H groups in total. The number of imidazole rings is 1. The summed E-state index contributed by atoms with van der Waals surface area (Å²) in [5.41, 5.74) is 0.374. The Morgan fingerprint density at radius 3 is 2.68 bits per heavy atom. The molecule has 1 heterocycles. The van der Waals surface area contributed by atoms with Gasteiger partial charge in [-0.1, -0.05) is 13.3 Å². The number of nitrogens with zero attached hydrogens (tertiary/aromatic N) is 3. The van der Waals surface area contributed by atoms with Crippen molar-refractivity contribution in [3.63, 3.8) is 0 Å². The van der Waals surface area contributed by atoms with Crippen LogP contribution in [0.4, 0.5) is 8.78 Å². The SMILES string of the molecule is CCC1(CNC(=NC)NCc2nccn2C(F)F)CCC1.I. The minimum atomic E-state index is -2.57. The first kappa shape index (κ1) is 19.1. The fourth-order valence-corrected chi connectivity index (χ4v) is 2.65. The van der Waals surface area contributed by atoms with Crippen molar-refractivity contribution < 1.29 is 8.78 Å². The molecule has 1 fully saturated rings. The third-order valence-corrected chi connectivity index (χ3v) is 4.39. The highest BCUT2D eigenvalue weighted by Gasteiger charge is 2.34. The van der Waals surface area contributed by atoms with Crippen molar-refractivity contribution in [2.45, 2.75) is 45.7 Å². The van der Waals surface area contributed by atoms with E-state index in [9.17, 15) is 8.78 Å². The molecule has 0 aliphatic heterocycles. The van der Waals surface area contributed by atoms with Crippen molar-refractivity contribution in [1.29, 1.82) is 0 Å². The van der Waals surface area contributed by atoms with Gasteiger partial charge in [-0.2, -0.15) is 8.78 Å². The van der Waals surface area contributed by atoms with Crippen molar-refractivity contribution in [2.24, 2.45) is 10.4 Å². The molecule has 2 rings (SSSR count). The Bertz CT molecular complexity index is 480. The Balaban J connectivity index is 0.00000242. The maximum atomic E-state index is 12.7. The monoisotopic (exact) mass is 427 g/mol. The molecule has 0 aromatic carbocycles. The molecule has 0 amide bonds. The van der Waals surface area contributed by atoms with Crippen LogP contribution in [-0.4, -0.2) is 29.1 Å². The van der Waals surface area contributed by atoms with Crippen LogP contribution in [0.2, 0.25) is 0 Å². The Hall–Kier alpha value is -0.930. The van der Waals surface area contributed by atoms with Gasteiger partial charge >= 0.3 is 6.55 Å². The highest BCUT2D eigenvalue weighted by Crippen LogP contribution is 2.42. The quantitative estimate of drug-likeness (QED) is 0.417. The number of hydrogen-bond acceptors (Lipinski definition) is 2. The van der Waals surface area contributed by atoms with Gasteiger partial charge in [0.2, 0.25) is 0 Å². The molecular formula is C14H24F2IN5. The molecule has 0 saturated heterocycles. The smallest absolute Gasteiger partial charge is 0.319 e. The number of rotatable bonds is 6. The number of aromatic nitrogens is 2. The fraction of sp³-hybridized carbons (Fsp3) is 0.714. The van der Waals surface area contributed by atoms with Gasteiger partial charge < -0.3 is 10.6 Å². The van der Waals surface area contributed by atoms with E-state index >= 15 is 0 Å². The highest BCUT2D eigenvalue weighted by molar-refractivity contribution is 14.0. The molecule has 1 saturated carbocycles. The van der Waals surface area contributed by atoms with Gasteiger partial charge in [-0.15, -0.1) is 24.0 Å². The van der Waals surface area contributed by atoms with Gasteiger partial charge in [0, 0.05) is 26.0 Å². The molecular weight excluding hydrogens is 403 g/mol. The van der Waals surface area contributed by atoms with Crippen molar-refractivity contribution >= 4 is 29.9 Å². The standard InChI is InChI=1S/C14H23F2N5.HI/c1-3-14(5-4-6-14)10-20-13(17-2)19-9-11-18-7-8-21(11)12(15)16;/h7-8,12H,3-6,9-10H2,1-2H3,(H2,17,19,20);1H. The van der Waals surface area contributed by atoms with Crippen LogP contribution in [0.25, 0.3) is 0 Å². The summed E-state index contributed by atoms with van der Waals surface area (Å²) in [6, 6.07) is 0. The lowest BCUT2D eigenvalue weighted by molar-refractivity contribution is 0.0668. The summed E-state index contributed by atoms with van der Waals surface area (Å²) in [5.74, 6) is 0.917. The molecule has 126 valence electrons. The molecule has 22 heavy (non-hydrogen) atoms. The van der Waals surface area contributed by atoms with E-state index in [-0.39, 0.29) is 30.5 Å². The largest absolute Gasteiger partial charge is 0.356 e. The average molecular weight is 427 g/mol. The molecule has 1 aliphatic rings. The van der Waals surface area contributed by atoms with E-state index in [0.29, 0.717) is 17.2 Å². The van der Waals surface area contributed by atoms with Crippen LogP contribution in [0, 0.1) is 5.41 Å². The van der Waals surface area contributed by atoms with Crippen LogP contribution in [0.15, 0.2) is 17.4 Å². The lowest BCUT2D eigenvalue weighted by Gasteiger charge is -2.41. The Morgan fingerprint density at radius 1 is 1.45 bits per heavy atom. The summed E-state index contributed by atoms with van der Waals surface area (Å²) < 4.78 is 26.3. The van der Waals surface area contributed by atoms with Crippen LogP contribution < -0.4 is 10.6 Å². The topological polar surface area (TPSA) is 54.2 Å². The van der Waals surface area contributed by atoms with Gasteiger partial charge in [-0.05, 0) is 24.7 Å². The van der Waals surface area contributed by atoms with Crippen LogP contribution in [0.5, 0.6) is 0 Å². The summed E-state index contributed by atoms with van der Waals surface area (Å²) in [6.07, 6.45) is 7.56. The number of hydrogen-bond donors (Lipinski definition) is 2. The minimum Gasteiger partial charge on any atom is -0.356 e. The first-order valence-corrected chi connectivity index (χ1v) is 7.34. The third-order valence-electron chi connectivity index (χ3n) is 4.39. The zero-order valence-corrected chi connectivity index (χ0v) is 15.3. The predicted molar refractivity (Wildman–Crippen MR) is 93.7 cm³/mol. The van der Waals surface area contributed by atoms with Gasteiger partial charge in [0.05, 0.1) is 6.54 Å². The van der Waals surface area contributed by atoms with E-state index in [4.69, 9.17) is 0 Å². The molecule has 0 spiro atoms. The normalized spacial score (nSPS) is 16.9. The highest BCUT2D eigenvalue weighted by atomic mass is 127. The third kappa shape index (κ3) is 4.53. The summed E-state index contributed by atoms with van der Waals surface area (Å²) in [4.78, 5) is 8.06. The molecule has 1 aromatic rings. The second-order valence-electron chi connectivity index (χ2n) is 5.51. The molecule has 1 aliphatic carbocycles. The van der Waals surface area contributed by atoms with E-state index in [1.54, 1.807) is 7.05 Å². The van der Waals surface area contributed by atoms with E-state index in [2.05, 4.69) is 27.5 Å². The minimum absolute atomic E-state index is 0. The van der Waals surface area contributed by atoms with Gasteiger partial charge in [0.15, 0.2) is 5.96 Å². The Morgan fingerprint density at radius 2 is 2.18 bits per heavy atom. The molecule has 8 heteroatoms. The second kappa shape index (κ2) is 8.64. The molecule has 0 atom stereocenters. The Kier molecular flexibility index (Phi) is 7.51. The first-order valence-electron chi connectivity index (χ1n) is 7.34. The number of aliphatic imine (C=N–C) groups is 1. The van der Waals surface area contributed by atoms with Gasteiger partial charge in [0.25, 0.3) is 0 Å². The fourth-order valence-electron chi connectivity index (χ4n) is 2.65. The maximum Gasteiger partial charge on any atom is 0.319 e. The second-order valence-corrected chi connectivity index (χ2v) is 5.51. The van der Waals surface area contributed by atoms with Crippen molar-refractivity contribution in [1.82, 2.24) is 20.2 Å². The summed E-state index contributed by atoms with van der Waals surface area (Å²) >= 11 is 0. The molecule has 0 bridgehead atoms. The van der Waals surface area contributed by atoms with Crippen LogP contribution >= 0.6 is 24.0 Å². The zero-order valence-electron chi connectivity index (χ0n) is 13.0. The van der Waals surface area contributed by atoms with Gasteiger partial charge in [-0.3, -0.25) is 9.56 Å². The number of halogens is 3. The van der Waals surface area contributed by atoms with Crippen molar-refractivity contribution in [3.05, 3.63) is 18.2 Å². The van der Waals surface area contributed by atoms with Crippen LogP contribution in [0.1, 0.15) is 45.0 Å². The van der Waals surface area contributed by atoms with Crippen LogP contribution in [0.3, 0.4) is 0 Å². The Labute approximate surface area is 147 Å². The first-order chi connectivity index (χ1) is 10.1. The maximum absolute atomic E-state index is 12.7. The van der Waals surface area contributed by atoms with Gasteiger partial charge in [0.1, 0.15) is 5.82 Å². The van der Waals surface area contributed by atoms with Gasteiger partial charge in [-0.25, -0.2) is 4.98 Å². The van der Waals surface area contributed by atoms with E-state index in [1.807, 2.05) is 0 Å². The van der Waals surface area contributed by atoms with E-state index < -0.39 is 6.55 Å². The van der Waals surface area contributed by atoms with E-state index in [0.717, 1.165) is 17.5 Å². The lowest BCUT2D eigenvalue weighted by Crippen LogP contribution is -2.46. The average Bonchev–Trinajstić information content (AvgIpc) is 2.90. The summed E-state index contributed by atoms with van der Waals surface area (Å²) in [5, 5.41) is 6.32. The number of nitrogens with one attached hydrogen (secondary N) is 2. The molecule has 0 radical (unpaired) electrons.